The summed E-state index contributed by atoms with van der Waals surface area (Å²) in [6.07, 6.45) is 0. The minimum absolute atomic E-state index is 0.314. The molecule has 0 atom stereocenters. The van der Waals surface area contributed by atoms with Gasteiger partial charge < -0.3 is 0 Å². The Morgan fingerprint density at radius 1 is 0.328 bits per heavy atom. The zero-order valence-corrected chi connectivity index (χ0v) is 40.1. The smallest absolute Gasteiger partial charge is 0.145 e. The van der Waals surface area contributed by atoms with Crippen LogP contribution < -0.4 is 0 Å². The number of imidazole rings is 2. The van der Waals surface area contributed by atoms with Crippen molar-refractivity contribution in [1.82, 2.24) is 19.1 Å². The highest BCUT2D eigenvalue weighted by Crippen LogP contribution is 2.48. The molecule has 0 radical (unpaired) electrons. The molecule has 2 heterocycles. The monoisotopic (exact) mass is 872 g/mol. The van der Waals surface area contributed by atoms with Gasteiger partial charge in [0.25, 0.3) is 0 Å². The van der Waals surface area contributed by atoms with Crippen LogP contribution in [0.25, 0.3) is 56.2 Å². The average Bonchev–Trinajstić information content (AvgIpc) is 3.94. The van der Waals surface area contributed by atoms with E-state index in [9.17, 15) is 0 Å². The van der Waals surface area contributed by atoms with Gasteiger partial charge in [-0.2, -0.15) is 0 Å². The number of para-hydroxylation sites is 6. The predicted molar refractivity (Wildman–Crippen MR) is 281 cm³/mol. The number of rotatable bonds is 12. The fourth-order valence-electron chi connectivity index (χ4n) is 10.6. The zero-order chi connectivity index (χ0) is 46.4. The lowest BCUT2D eigenvalue weighted by Gasteiger charge is -2.37. The van der Waals surface area contributed by atoms with E-state index >= 15 is 0 Å². The zero-order valence-electron chi connectivity index (χ0n) is 40.1. The van der Waals surface area contributed by atoms with E-state index in [0.717, 1.165) is 56.0 Å². The van der Waals surface area contributed by atoms with Crippen molar-refractivity contribution in [1.29, 1.82) is 0 Å². The second-order valence-electron chi connectivity index (χ2n) is 19.4. The van der Waals surface area contributed by atoms with Crippen LogP contribution in [0, 0.1) is 0 Å². The lowest BCUT2D eigenvalue weighted by molar-refractivity contribution is 0.745. The highest BCUT2D eigenvalue weighted by Gasteiger charge is 2.39. The fourth-order valence-corrected chi connectivity index (χ4v) is 10.6. The molecule has 0 saturated carbocycles. The first-order valence-electron chi connectivity index (χ1n) is 24.1. The first-order chi connectivity index (χ1) is 32.6. The van der Waals surface area contributed by atoms with E-state index in [4.69, 9.17) is 9.97 Å². The molecule has 0 aliphatic rings. The quantitative estimate of drug-likeness (QED) is 0.115. The standard InChI is InChI=1S/C63H60N4/c1-41(2)51-31-21-32-52(42(3)4)59(51)66-57-37-17-15-35-55(57)64-61(66)45-23-19-29-49(39-45)63(47-25-11-9-12-26-47,48-27-13-10-14-28-48)50-30-20-24-46(40-50)62-65-56-36-16-18-38-58(56)67(62)60-53(43(5)6)33-22-34-54(60)44(7)8/h9-44H,1-8H3. The Bertz CT molecular complexity index is 3090. The number of hydrogen-bond acceptors (Lipinski definition) is 2. The highest BCUT2D eigenvalue weighted by atomic mass is 15.1. The van der Waals surface area contributed by atoms with Gasteiger partial charge in [-0.1, -0.05) is 213 Å². The molecule has 0 amide bonds. The van der Waals surface area contributed by atoms with Crippen molar-refractivity contribution < 1.29 is 0 Å². The number of hydrogen-bond donors (Lipinski definition) is 0. The van der Waals surface area contributed by atoms with Crippen molar-refractivity contribution >= 4 is 22.1 Å². The van der Waals surface area contributed by atoms with Gasteiger partial charge in [-0.3, -0.25) is 9.13 Å². The molecule has 0 bridgehead atoms. The minimum Gasteiger partial charge on any atom is -0.292 e. The van der Waals surface area contributed by atoms with Crippen LogP contribution in [-0.4, -0.2) is 19.1 Å². The molecule has 10 aromatic rings. The van der Waals surface area contributed by atoms with Crippen LogP contribution in [0.1, 0.15) is 124 Å². The molecule has 2 aromatic heterocycles. The molecule has 332 valence electrons. The van der Waals surface area contributed by atoms with E-state index in [1.165, 1.54) is 44.8 Å². The van der Waals surface area contributed by atoms with Crippen LogP contribution in [0.15, 0.2) is 194 Å². The molecule has 0 fully saturated rings. The fraction of sp³-hybridized carbons (Fsp3) is 0.206. The largest absolute Gasteiger partial charge is 0.292 e. The van der Waals surface area contributed by atoms with Crippen molar-refractivity contribution in [2.24, 2.45) is 0 Å². The number of fused-ring (bicyclic) bond motifs is 2. The molecule has 0 saturated heterocycles. The minimum atomic E-state index is -0.736. The van der Waals surface area contributed by atoms with Crippen LogP contribution in [0.3, 0.4) is 0 Å². The third kappa shape index (κ3) is 7.49. The summed E-state index contributed by atoms with van der Waals surface area (Å²) >= 11 is 0. The summed E-state index contributed by atoms with van der Waals surface area (Å²) in [5.41, 5.74) is 17.9. The maximum atomic E-state index is 5.51. The van der Waals surface area contributed by atoms with Crippen molar-refractivity contribution in [3.8, 4) is 34.2 Å². The van der Waals surface area contributed by atoms with Gasteiger partial charge in [0.2, 0.25) is 0 Å². The molecular formula is C63H60N4. The number of aromatic nitrogens is 4. The molecule has 8 aromatic carbocycles. The van der Waals surface area contributed by atoms with Crippen LogP contribution in [0.4, 0.5) is 0 Å². The van der Waals surface area contributed by atoms with E-state index in [2.05, 4.69) is 259 Å². The molecule has 0 N–H and O–H groups in total. The number of benzene rings is 8. The van der Waals surface area contributed by atoms with E-state index < -0.39 is 5.41 Å². The van der Waals surface area contributed by atoms with Gasteiger partial charge in [0.1, 0.15) is 11.6 Å². The van der Waals surface area contributed by atoms with Gasteiger partial charge in [-0.25, -0.2) is 9.97 Å². The van der Waals surface area contributed by atoms with Gasteiger partial charge in [0.15, 0.2) is 0 Å². The van der Waals surface area contributed by atoms with Crippen molar-refractivity contribution in [3.63, 3.8) is 0 Å². The normalized spacial score (nSPS) is 12.1. The van der Waals surface area contributed by atoms with Gasteiger partial charge >= 0.3 is 0 Å². The van der Waals surface area contributed by atoms with Crippen LogP contribution >= 0.6 is 0 Å². The van der Waals surface area contributed by atoms with Crippen molar-refractivity contribution in [3.05, 3.63) is 239 Å². The predicted octanol–water partition coefficient (Wildman–Crippen LogP) is 16.6. The average molecular weight is 873 g/mol. The molecule has 67 heavy (non-hydrogen) atoms. The topological polar surface area (TPSA) is 35.6 Å². The summed E-state index contributed by atoms with van der Waals surface area (Å²) in [5, 5.41) is 0. The molecular weight excluding hydrogens is 813 g/mol. The number of nitrogens with zero attached hydrogens (tertiary/aromatic N) is 4. The maximum absolute atomic E-state index is 5.51. The Kier molecular flexibility index (Phi) is 11.6. The molecule has 0 spiro atoms. The second-order valence-corrected chi connectivity index (χ2v) is 19.4. The Morgan fingerprint density at radius 3 is 1.00 bits per heavy atom. The summed E-state index contributed by atoms with van der Waals surface area (Å²) in [6.45, 7) is 18.4. The van der Waals surface area contributed by atoms with Crippen molar-refractivity contribution in [2.75, 3.05) is 0 Å². The summed E-state index contributed by atoms with van der Waals surface area (Å²) in [7, 11) is 0. The highest BCUT2D eigenvalue weighted by molar-refractivity contribution is 5.86. The Morgan fingerprint density at radius 2 is 0.642 bits per heavy atom. The van der Waals surface area contributed by atoms with Gasteiger partial charge in [0.05, 0.1) is 38.9 Å². The first-order valence-corrected chi connectivity index (χ1v) is 24.1. The molecule has 0 aliphatic heterocycles. The van der Waals surface area contributed by atoms with E-state index in [-0.39, 0.29) is 0 Å². The lowest BCUT2D eigenvalue weighted by Crippen LogP contribution is -2.31. The molecule has 10 rings (SSSR count). The van der Waals surface area contributed by atoms with Gasteiger partial charge in [0, 0.05) is 11.1 Å². The third-order valence-electron chi connectivity index (χ3n) is 13.8. The van der Waals surface area contributed by atoms with E-state index in [0.29, 0.717) is 23.7 Å². The summed E-state index contributed by atoms with van der Waals surface area (Å²) in [6, 6.07) is 71.3. The molecule has 4 heteroatoms. The van der Waals surface area contributed by atoms with E-state index in [1.807, 2.05) is 0 Å². The maximum Gasteiger partial charge on any atom is 0.145 e. The molecule has 0 aliphatic carbocycles. The van der Waals surface area contributed by atoms with Crippen LogP contribution in [0.5, 0.6) is 0 Å². The first kappa shape index (κ1) is 43.6. The van der Waals surface area contributed by atoms with Gasteiger partial charge in [-0.15, -0.1) is 0 Å². The van der Waals surface area contributed by atoms with Crippen LogP contribution in [0.2, 0.25) is 0 Å². The second kappa shape index (κ2) is 17.8. The SMILES string of the molecule is CC(C)c1cccc(C(C)C)c1-n1c(-c2cccc(C(c3ccccc3)(c3ccccc3)c3cccc(-c4nc5ccccc5n4-c4c(C(C)C)cccc4C(C)C)c3)c2)nc2ccccc21. The molecule has 0 unspecified atom stereocenters. The summed E-state index contributed by atoms with van der Waals surface area (Å²) in [4.78, 5) is 11.0. The Hall–Kier alpha value is -7.30. The Labute approximate surface area is 396 Å². The third-order valence-corrected chi connectivity index (χ3v) is 13.8. The van der Waals surface area contributed by atoms with E-state index in [1.54, 1.807) is 0 Å². The summed E-state index contributed by atoms with van der Waals surface area (Å²) < 4.78 is 4.88. The lowest BCUT2D eigenvalue weighted by atomic mass is 9.64. The Balaban J connectivity index is 1.27. The molecule has 4 nitrogen and oxygen atoms in total. The van der Waals surface area contributed by atoms with Gasteiger partial charge in [-0.05, 0) is 105 Å². The summed E-state index contributed by atoms with van der Waals surface area (Å²) in [5.74, 6) is 3.12. The van der Waals surface area contributed by atoms with Crippen molar-refractivity contribution in [2.45, 2.75) is 84.5 Å². The van der Waals surface area contributed by atoms with Crippen LogP contribution in [-0.2, 0) is 5.41 Å².